The van der Waals surface area contributed by atoms with Crippen molar-refractivity contribution >= 4 is 28.6 Å². The van der Waals surface area contributed by atoms with E-state index in [1.165, 1.54) is 0 Å². The molecule has 1 aromatic carbocycles. The molecule has 0 atom stereocenters. The average molecular weight is 572 g/mol. The van der Waals surface area contributed by atoms with Gasteiger partial charge in [0.2, 0.25) is 0 Å². The summed E-state index contributed by atoms with van der Waals surface area (Å²) < 4.78 is 1.90. The summed E-state index contributed by atoms with van der Waals surface area (Å²) in [7, 11) is 0. The molecule has 1 aliphatic rings. The van der Waals surface area contributed by atoms with Crippen molar-refractivity contribution in [2.45, 2.75) is 46.7 Å². The molecule has 1 amide bonds. The molecule has 0 radical (unpaired) electrons. The number of nitrogens with zero attached hydrogens (tertiary/aromatic N) is 5. The predicted octanol–water partition coefficient (Wildman–Crippen LogP) is 3.51. The van der Waals surface area contributed by atoms with Crippen LogP contribution in [0, 0.1) is 13.8 Å². The Morgan fingerprint density at radius 2 is 1.81 bits per heavy atom. The van der Waals surface area contributed by atoms with Crippen molar-refractivity contribution in [3.05, 3.63) is 75.5 Å². The van der Waals surface area contributed by atoms with Gasteiger partial charge in [0.25, 0.3) is 11.5 Å². The standard InChI is InChI=1S/C31H37N7O4/c1-19(2)38-27-15-23(22-5-6-28(32-16-22)37-11-9-36(10-12-37)8-7-29(39)40)14-24(26(27)18-34-38)30(41)33-17-25-20(3)13-21(4)35-31(25)42/h5-6,13-16,18-19H,7-12,17H2,1-4H3,(H,33,41)(H,35,42)(H,39,40). The molecule has 0 bridgehead atoms. The zero-order valence-electron chi connectivity index (χ0n) is 24.5. The first-order chi connectivity index (χ1) is 20.1. The molecule has 42 heavy (non-hydrogen) atoms. The summed E-state index contributed by atoms with van der Waals surface area (Å²) in [5.41, 5.74) is 4.98. The summed E-state index contributed by atoms with van der Waals surface area (Å²) in [6.07, 6.45) is 3.69. The van der Waals surface area contributed by atoms with Crippen LogP contribution in [0.1, 0.15) is 53.5 Å². The Balaban J connectivity index is 1.39. The fourth-order valence-corrected chi connectivity index (χ4v) is 5.47. The zero-order chi connectivity index (χ0) is 30.0. The lowest BCUT2D eigenvalue weighted by Gasteiger charge is -2.35. The molecule has 1 fully saturated rings. The van der Waals surface area contributed by atoms with E-state index >= 15 is 0 Å². The first-order valence-electron chi connectivity index (χ1n) is 14.2. The number of hydrogen-bond acceptors (Lipinski definition) is 7. The number of aromatic amines is 1. The second kappa shape index (κ2) is 12.2. The number of pyridine rings is 2. The van der Waals surface area contributed by atoms with E-state index in [-0.39, 0.29) is 30.5 Å². The Hall–Kier alpha value is -4.51. The van der Waals surface area contributed by atoms with Crippen molar-refractivity contribution in [3.8, 4) is 11.1 Å². The van der Waals surface area contributed by atoms with Gasteiger partial charge in [0, 0.05) is 73.7 Å². The van der Waals surface area contributed by atoms with Crippen molar-refractivity contribution in [2.24, 2.45) is 0 Å². The molecule has 0 spiro atoms. The van der Waals surface area contributed by atoms with Crippen molar-refractivity contribution < 1.29 is 14.7 Å². The first-order valence-corrected chi connectivity index (χ1v) is 14.2. The number of nitrogens with one attached hydrogen (secondary N) is 2. The van der Waals surface area contributed by atoms with Gasteiger partial charge in [-0.3, -0.25) is 24.0 Å². The van der Waals surface area contributed by atoms with Crippen molar-refractivity contribution in [2.75, 3.05) is 37.6 Å². The largest absolute Gasteiger partial charge is 0.481 e. The number of carbonyl (C=O) groups is 2. The molecule has 3 aromatic heterocycles. The number of anilines is 1. The van der Waals surface area contributed by atoms with Crippen LogP contribution in [0.5, 0.6) is 0 Å². The molecule has 0 saturated carbocycles. The summed E-state index contributed by atoms with van der Waals surface area (Å²) in [6.45, 7) is 11.6. The smallest absolute Gasteiger partial charge is 0.304 e. The fourth-order valence-electron chi connectivity index (χ4n) is 5.47. The number of aliphatic carboxylic acids is 1. The van der Waals surface area contributed by atoms with Gasteiger partial charge in [-0.05, 0) is 69.2 Å². The fraction of sp³-hybridized carbons (Fsp3) is 0.387. The van der Waals surface area contributed by atoms with Gasteiger partial charge in [0.15, 0.2) is 0 Å². The predicted molar refractivity (Wildman–Crippen MR) is 162 cm³/mol. The van der Waals surface area contributed by atoms with Gasteiger partial charge in [0.05, 0.1) is 23.7 Å². The van der Waals surface area contributed by atoms with E-state index in [9.17, 15) is 14.4 Å². The second-order valence-electron chi connectivity index (χ2n) is 11.1. The first kappa shape index (κ1) is 29.0. The molecule has 3 N–H and O–H groups in total. The van der Waals surface area contributed by atoms with Crippen LogP contribution in [0.25, 0.3) is 22.0 Å². The Bertz CT molecular complexity index is 1670. The van der Waals surface area contributed by atoms with Crippen LogP contribution in [0.2, 0.25) is 0 Å². The molecular formula is C31H37N7O4. The molecule has 1 aliphatic heterocycles. The molecule has 4 aromatic rings. The molecule has 11 nitrogen and oxygen atoms in total. The lowest BCUT2D eigenvalue weighted by Crippen LogP contribution is -2.47. The number of aromatic nitrogens is 4. The van der Waals surface area contributed by atoms with E-state index < -0.39 is 5.97 Å². The number of amides is 1. The number of hydrogen-bond donors (Lipinski definition) is 3. The van der Waals surface area contributed by atoms with Crippen LogP contribution in [0.15, 0.2) is 47.5 Å². The SMILES string of the molecule is Cc1cc(C)c(CNC(=O)c2cc(-c3ccc(N4CCN(CCC(=O)O)CC4)nc3)cc3c2cnn3C(C)C)c(=O)[nH]1. The quantitative estimate of drug-likeness (QED) is 0.278. The number of fused-ring (bicyclic) bond motifs is 1. The molecule has 4 heterocycles. The Morgan fingerprint density at radius 3 is 2.45 bits per heavy atom. The Kier molecular flexibility index (Phi) is 8.39. The highest BCUT2D eigenvalue weighted by atomic mass is 16.4. The highest BCUT2D eigenvalue weighted by Gasteiger charge is 2.20. The van der Waals surface area contributed by atoms with Crippen molar-refractivity contribution in [1.29, 1.82) is 0 Å². The summed E-state index contributed by atoms with van der Waals surface area (Å²) in [5, 5.41) is 17.2. The number of piperazine rings is 1. The van der Waals surface area contributed by atoms with E-state index in [1.807, 2.05) is 68.9 Å². The summed E-state index contributed by atoms with van der Waals surface area (Å²) >= 11 is 0. The highest BCUT2D eigenvalue weighted by molar-refractivity contribution is 6.08. The summed E-state index contributed by atoms with van der Waals surface area (Å²) in [4.78, 5) is 48.8. The van der Waals surface area contributed by atoms with Crippen molar-refractivity contribution in [3.63, 3.8) is 0 Å². The van der Waals surface area contributed by atoms with E-state index in [2.05, 4.69) is 25.2 Å². The second-order valence-corrected chi connectivity index (χ2v) is 11.1. The summed E-state index contributed by atoms with van der Waals surface area (Å²) in [5.74, 6) is -0.196. The molecule has 0 aliphatic carbocycles. The monoisotopic (exact) mass is 571 g/mol. The molecular weight excluding hydrogens is 534 g/mol. The highest BCUT2D eigenvalue weighted by Crippen LogP contribution is 2.30. The average Bonchev–Trinajstić information content (AvgIpc) is 3.40. The Labute approximate surface area is 244 Å². The maximum atomic E-state index is 13.5. The number of H-pyrrole nitrogens is 1. The normalized spacial score (nSPS) is 14.1. The lowest BCUT2D eigenvalue weighted by molar-refractivity contribution is -0.137. The zero-order valence-corrected chi connectivity index (χ0v) is 24.5. The molecule has 220 valence electrons. The van der Waals surface area contributed by atoms with Gasteiger partial charge in [-0.1, -0.05) is 0 Å². The van der Waals surface area contributed by atoms with Gasteiger partial charge < -0.3 is 20.3 Å². The molecule has 0 unspecified atom stereocenters. The lowest BCUT2D eigenvalue weighted by atomic mass is 10.0. The number of rotatable bonds is 9. The van der Waals surface area contributed by atoms with Crippen LogP contribution in [-0.4, -0.2) is 74.4 Å². The third-order valence-electron chi connectivity index (χ3n) is 7.79. The molecule has 5 rings (SSSR count). The number of aryl methyl sites for hydroxylation is 2. The number of carbonyl (C=O) groups excluding carboxylic acids is 1. The summed E-state index contributed by atoms with van der Waals surface area (Å²) in [6, 6.07) is 9.87. The topological polar surface area (TPSA) is 136 Å². The van der Waals surface area contributed by atoms with Gasteiger partial charge in [-0.25, -0.2) is 4.98 Å². The van der Waals surface area contributed by atoms with Crippen LogP contribution >= 0.6 is 0 Å². The van der Waals surface area contributed by atoms with E-state index in [0.29, 0.717) is 17.7 Å². The van der Waals surface area contributed by atoms with Gasteiger partial charge in [-0.2, -0.15) is 5.10 Å². The minimum Gasteiger partial charge on any atom is -0.481 e. The third-order valence-corrected chi connectivity index (χ3v) is 7.79. The van der Waals surface area contributed by atoms with Crippen LogP contribution in [0.4, 0.5) is 5.82 Å². The maximum Gasteiger partial charge on any atom is 0.304 e. The van der Waals surface area contributed by atoms with Crippen LogP contribution in [-0.2, 0) is 11.3 Å². The molecule has 11 heteroatoms. The van der Waals surface area contributed by atoms with Crippen LogP contribution < -0.4 is 15.8 Å². The molecule has 1 saturated heterocycles. The number of carboxylic acid groups (broad SMARTS) is 1. The third kappa shape index (κ3) is 6.20. The van der Waals surface area contributed by atoms with Crippen molar-refractivity contribution in [1.82, 2.24) is 30.0 Å². The van der Waals surface area contributed by atoms with E-state index in [0.717, 1.165) is 65.3 Å². The van der Waals surface area contributed by atoms with E-state index in [4.69, 9.17) is 10.1 Å². The van der Waals surface area contributed by atoms with Gasteiger partial charge in [-0.15, -0.1) is 0 Å². The van der Waals surface area contributed by atoms with Gasteiger partial charge in [0.1, 0.15) is 5.82 Å². The van der Waals surface area contributed by atoms with E-state index in [1.54, 1.807) is 6.20 Å². The number of benzene rings is 1. The Morgan fingerprint density at radius 1 is 1.05 bits per heavy atom. The maximum absolute atomic E-state index is 13.5. The van der Waals surface area contributed by atoms with Gasteiger partial charge >= 0.3 is 5.97 Å². The minimum absolute atomic E-state index is 0.0945. The number of carboxylic acids is 1. The van der Waals surface area contributed by atoms with Crippen LogP contribution in [0.3, 0.4) is 0 Å². The minimum atomic E-state index is -0.776.